The highest BCUT2D eigenvalue weighted by atomic mass is 79.9. The number of rotatable bonds is 2. The predicted molar refractivity (Wildman–Crippen MR) is 65.5 cm³/mol. The summed E-state index contributed by atoms with van der Waals surface area (Å²) in [5.74, 6) is -1.69. The lowest BCUT2D eigenvalue weighted by Crippen LogP contribution is -2.00. The summed E-state index contributed by atoms with van der Waals surface area (Å²) >= 11 is 8.62. The Balaban J connectivity index is 2.81. The molecule has 18 heavy (non-hydrogen) atoms. The molecule has 0 aliphatic rings. The number of benzene rings is 1. The van der Waals surface area contributed by atoms with Gasteiger partial charge in [0.15, 0.2) is 6.29 Å². The maximum Gasteiger partial charge on any atom is 0.155 e. The molecule has 0 radical (unpaired) electrons. The molecule has 92 valence electrons. The van der Waals surface area contributed by atoms with E-state index in [1.54, 1.807) is 0 Å². The van der Waals surface area contributed by atoms with Crippen molar-refractivity contribution < 1.29 is 13.6 Å². The predicted octanol–water partition coefficient (Wildman–Crippen LogP) is 3.65. The van der Waals surface area contributed by atoms with Crippen molar-refractivity contribution in [3.63, 3.8) is 0 Å². The molecule has 0 fully saturated rings. The van der Waals surface area contributed by atoms with Crippen LogP contribution in [0.15, 0.2) is 22.9 Å². The number of hydrogen-bond donors (Lipinski definition) is 0. The van der Waals surface area contributed by atoms with E-state index in [1.165, 1.54) is 6.07 Å². The van der Waals surface area contributed by atoms with Gasteiger partial charge in [0.2, 0.25) is 0 Å². The normalized spacial score (nSPS) is 10.4. The van der Waals surface area contributed by atoms with Gasteiger partial charge in [-0.25, -0.2) is 18.7 Å². The van der Waals surface area contributed by atoms with E-state index in [-0.39, 0.29) is 20.9 Å². The number of carbonyl (C=O) groups excluding carboxylic acids is 1. The first kappa shape index (κ1) is 13.0. The van der Waals surface area contributed by atoms with E-state index in [0.29, 0.717) is 6.29 Å². The molecule has 0 atom stereocenters. The molecule has 0 spiro atoms. The maximum atomic E-state index is 13.9. The number of nitrogens with zero attached hydrogens (tertiary/aromatic N) is 2. The van der Waals surface area contributed by atoms with E-state index >= 15 is 0 Å². The average Bonchev–Trinajstić information content (AvgIpc) is 2.35. The summed E-state index contributed by atoms with van der Waals surface area (Å²) in [5, 5.41) is -0.159. The van der Waals surface area contributed by atoms with Crippen molar-refractivity contribution in [2.24, 2.45) is 0 Å². The molecule has 2 aromatic rings. The Bertz CT molecular complexity index is 637. The third kappa shape index (κ3) is 2.13. The topological polar surface area (TPSA) is 42.9 Å². The van der Waals surface area contributed by atoms with Crippen LogP contribution in [0.2, 0.25) is 5.15 Å². The zero-order chi connectivity index (χ0) is 13.3. The largest absolute Gasteiger partial charge is 0.298 e. The van der Waals surface area contributed by atoms with E-state index in [9.17, 15) is 13.6 Å². The molecule has 0 N–H and O–H groups in total. The second-order valence-electron chi connectivity index (χ2n) is 3.26. The molecule has 0 saturated carbocycles. The molecule has 0 aliphatic carbocycles. The van der Waals surface area contributed by atoms with Gasteiger partial charge in [0, 0.05) is 0 Å². The third-order valence-corrected chi connectivity index (χ3v) is 3.15. The molecule has 3 nitrogen and oxygen atoms in total. The van der Waals surface area contributed by atoms with E-state index in [1.807, 2.05) is 0 Å². The monoisotopic (exact) mass is 332 g/mol. The summed E-state index contributed by atoms with van der Waals surface area (Å²) < 4.78 is 27.6. The number of hydrogen-bond acceptors (Lipinski definition) is 3. The minimum absolute atomic E-state index is 0.0606. The number of aromatic nitrogens is 2. The van der Waals surface area contributed by atoms with Gasteiger partial charge >= 0.3 is 0 Å². The average molecular weight is 334 g/mol. The molecule has 1 aromatic heterocycles. The Morgan fingerprint density at radius 1 is 1.28 bits per heavy atom. The van der Waals surface area contributed by atoms with Crippen LogP contribution in [0.1, 0.15) is 10.4 Å². The highest BCUT2D eigenvalue weighted by Crippen LogP contribution is 2.32. The molecule has 2 rings (SSSR count). The SMILES string of the molecule is O=Cc1c(Cl)ncnc1-c1c(F)ccc(Br)c1F. The first-order valence-electron chi connectivity index (χ1n) is 4.65. The van der Waals surface area contributed by atoms with Gasteiger partial charge in [-0.1, -0.05) is 11.6 Å². The molecule has 0 bridgehead atoms. The Labute approximate surface area is 114 Å². The highest BCUT2D eigenvalue weighted by Gasteiger charge is 2.20. The Morgan fingerprint density at radius 2 is 2.00 bits per heavy atom. The van der Waals surface area contributed by atoms with Crippen molar-refractivity contribution in [2.45, 2.75) is 0 Å². The summed E-state index contributed by atoms with van der Waals surface area (Å²) in [7, 11) is 0. The second-order valence-corrected chi connectivity index (χ2v) is 4.48. The molecule has 1 heterocycles. The number of aldehydes is 1. The lowest BCUT2D eigenvalue weighted by atomic mass is 10.1. The minimum atomic E-state index is -0.854. The fourth-order valence-corrected chi connectivity index (χ4v) is 1.93. The van der Waals surface area contributed by atoms with Crippen LogP contribution in [0.5, 0.6) is 0 Å². The van der Waals surface area contributed by atoms with Crippen LogP contribution < -0.4 is 0 Å². The molecular weight excluding hydrogens is 329 g/mol. The minimum Gasteiger partial charge on any atom is -0.298 e. The van der Waals surface area contributed by atoms with Gasteiger partial charge in [0.1, 0.15) is 23.1 Å². The van der Waals surface area contributed by atoms with Crippen LogP contribution in [-0.4, -0.2) is 16.3 Å². The fourth-order valence-electron chi connectivity index (χ4n) is 1.42. The molecule has 0 unspecified atom stereocenters. The van der Waals surface area contributed by atoms with Gasteiger partial charge < -0.3 is 0 Å². The summed E-state index contributed by atoms with van der Waals surface area (Å²) in [6, 6.07) is 2.28. The van der Waals surface area contributed by atoms with E-state index in [2.05, 4.69) is 25.9 Å². The second kappa shape index (κ2) is 5.07. The maximum absolute atomic E-state index is 13.9. The first-order chi connectivity index (χ1) is 8.56. The smallest absolute Gasteiger partial charge is 0.155 e. The van der Waals surface area contributed by atoms with Crippen molar-refractivity contribution in [1.29, 1.82) is 0 Å². The summed E-state index contributed by atoms with van der Waals surface area (Å²) in [6.07, 6.45) is 1.39. The number of carbonyl (C=O) groups is 1. The zero-order valence-corrected chi connectivity index (χ0v) is 11.0. The first-order valence-corrected chi connectivity index (χ1v) is 5.83. The quantitative estimate of drug-likeness (QED) is 0.479. The standard InChI is InChI=1S/C11H4BrClF2N2O/c12-6-1-2-7(14)8(9(6)15)10-5(3-18)11(13)17-4-16-10/h1-4H. The Hall–Kier alpha value is -1.40. The van der Waals surface area contributed by atoms with Crippen molar-refractivity contribution >= 4 is 33.8 Å². The van der Waals surface area contributed by atoms with Gasteiger partial charge in [-0.2, -0.15) is 0 Å². The van der Waals surface area contributed by atoms with Crippen molar-refractivity contribution in [3.8, 4) is 11.3 Å². The fraction of sp³-hybridized carbons (Fsp3) is 0. The lowest BCUT2D eigenvalue weighted by molar-refractivity contribution is 0.112. The van der Waals surface area contributed by atoms with Gasteiger partial charge in [0.25, 0.3) is 0 Å². The highest BCUT2D eigenvalue weighted by molar-refractivity contribution is 9.10. The lowest BCUT2D eigenvalue weighted by Gasteiger charge is -2.08. The van der Waals surface area contributed by atoms with Crippen LogP contribution in [0.25, 0.3) is 11.3 Å². The van der Waals surface area contributed by atoms with Gasteiger partial charge in [-0.3, -0.25) is 4.79 Å². The van der Waals surface area contributed by atoms with Gasteiger partial charge in [0.05, 0.1) is 21.3 Å². The third-order valence-electron chi connectivity index (χ3n) is 2.23. The van der Waals surface area contributed by atoms with Crippen LogP contribution in [0, 0.1) is 11.6 Å². The Kier molecular flexibility index (Phi) is 3.68. The van der Waals surface area contributed by atoms with E-state index < -0.39 is 17.2 Å². The van der Waals surface area contributed by atoms with Crippen molar-refractivity contribution in [1.82, 2.24) is 9.97 Å². The summed E-state index contributed by atoms with van der Waals surface area (Å²) in [5.41, 5.74) is -0.757. The summed E-state index contributed by atoms with van der Waals surface area (Å²) in [6.45, 7) is 0. The summed E-state index contributed by atoms with van der Waals surface area (Å²) in [4.78, 5) is 18.2. The molecule has 0 aliphatic heterocycles. The van der Waals surface area contributed by atoms with Crippen molar-refractivity contribution in [2.75, 3.05) is 0 Å². The molecule has 1 aromatic carbocycles. The Morgan fingerprint density at radius 3 is 2.67 bits per heavy atom. The van der Waals surface area contributed by atoms with E-state index in [0.717, 1.165) is 12.4 Å². The van der Waals surface area contributed by atoms with Gasteiger partial charge in [-0.05, 0) is 28.1 Å². The van der Waals surface area contributed by atoms with E-state index in [4.69, 9.17) is 11.6 Å². The molecule has 0 saturated heterocycles. The van der Waals surface area contributed by atoms with Crippen LogP contribution >= 0.6 is 27.5 Å². The van der Waals surface area contributed by atoms with Crippen LogP contribution in [0.4, 0.5) is 8.78 Å². The van der Waals surface area contributed by atoms with Crippen LogP contribution in [0.3, 0.4) is 0 Å². The van der Waals surface area contributed by atoms with Crippen LogP contribution in [-0.2, 0) is 0 Å². The zero-order valence-electron chi connectivity index (χ0n) is 8.62. The molecular formula is C11H4BrClF2N2O. The molecule has 0 amide bonds. The van der Waals surface area contributed by atoms with Gasteiger partial charge in [-0.15, -0.1) is 0 Å². The number of halogens is 4. The molecule has 7 heteroatoms. The van der Waals surface area contributed by atoms with Crippen molar-refractivity contribution in [3.05, 3.63) is 45.3 Å².